The highest BCUT2D eigenvalue weighted by Crippen LogP contribution is 2.35. The molecule has 0 spiro atoms. The number of carbonyl (C=O) groups excluding carboxylic acids is 1. The quantitative estimate of drug-likeness (QED) is 0.794. The summed E-state index contributed by atoms with van der Waals surface area (Å²) in [5.74, 6) is 0.449. The molecule has 7 heteroatoms. The Morgan fingerprint density at radius 1 is 1.30 bits per heavy atom. The number of benzene rings is 1. The number of thiophene rings is 1. The highest BCUT2D eigenvalue weighted by Gasteiger charge is 2.35. The summed E-state index contributed by atoms with van der Waals surface area (Å²) in [6.07, 6.45) is 1.81. The Morgan fingerprint density at radius 3 is 2.70 bits per heavy atom. The van der Waals surface area contributed by atoms with Gasteiger partial charge in [-0.05, 0) is 62.8 Å². The summed E-state index contributed by atoms with van der Waals surface area (Å²) in [7, 11) is 5.63. The largest absolute Gasteiger partial charge is 0.504 e. The van der Waals surface area contributed by atoms with Crippen LogP contribution in [0.5, 0.6) is 11.5 Å². The van der Waals surface area contributed by atoms with Gasteiger partial charge in [0, 0.05) is 30.2 Å². The molecule has 3 rings (SSSR count). The van der Waals surface area contributed by atoms with E-state index < -0.39 is 0 Å². The van der Waals surface area contributed by atoms with Gasteiger partial charge in [-0.25, -0.2) is 0 Å². The first-order valence-electron chi connectivity index (χ1n) is 8.96. The second-order valence-corrected chi connectivity index (χ2v) is 8.05. The van der Waals surface area contributed by atoms with Crippen LogP contribution in [0.4, 0.5) is 0 Å². The second-order valence-electron chi connectivity index (χ2n) is 6.96. The number of methoxy groups -OCH3 is 1. The third-order valence-electron chi connectivity index (χ3n) is 5.24. The molecule has 1 aliphatic heterocycles. The van der Waals surface area contributed by atoms with Gasteiger partial charge in [-0.2, -0.15) is 0 Å². The minimum atomic E-state index is -0.0651. The van der Waals surface area contributed by atoms with Crippen molar-refractivity contribution >= 4 is 17.2 Å². The first-order valence-corrected chi connectivity index (χ1v) is 9.77. The molecular formula is C20H26N2O4S. The maximum atomic E-state index is 12.7. The zero-order valence-corrected chi connectivity index (χ0v) is 16.8. The van der Waals surface area contributed by atoms with Gasteiger partial charge in [0.25, 0.3) is 5.91 Å². The molecule has 1 aromatic heterocycles. The van der Waals surface area contributed by atoms with Crippen molar-refractivity contribution in [3.8, 4) is 21.9 Å². The molecule has 146 valence electrons. The Labute approximate surface area is 163 Å². The lowest BCUT2D eigenvalue weighted by Crippen LogP contribution is -2.55. The Balaban J connectivity index is 1.70. The van der Waals surface area contributed by atoms with Crippen LogP contribution >= 0.6 is 11.3 Å². The van der Waals surface area contributed by atoms with Crippen molar-refractivity contribution in [2.24, 2.45) is 0 Å². The average molecular weight is 391 g/mol. The van der Waals surface area contributed by atoms with Gasteiger partial charge in [-0.3, -0.25) is 4.79 Å². The molecule has 0 bridgehead atoms. The van der Waals surface area contributed by atoms with Crippen molar-refractivity contribution in [2.75, 3.05) is 41.0 Å². The molecule has 27 heavy (non-hydrogen) atoms. The number of nitrogens with one attached hydrogen (secondary N) is 1. The number of phenolic OH excluding ortho intramolecular Hbond substituents is 1. The first-order chi connectivity index (χ1) is 12.9. The number of amides is 1. The fraction of sp³-hybridized carbons (Fsp3) is 0.450. The molecule has 2 N–H and O–H groups in total. The standard InChI is InChI=1S/C20H26N2O4S/c1-22(2)20(8-10-26-11-9-20)13-21-19(24)18-7-6-17(27-18)14-4-5-15(23)16(12-14)25-3/h4-7,12,23H,8-11,13H2,1-3H3,(H,21,24). The molecular weight excluding hydrogens is 364 g/mol. The Hall–Kier alpha value is -2.09. The van der Waals surface area contributed by atoms with E-state index >= 15 is 0 Å². The summed E-state index contributed by atoms with van der Waals surface area (Å²) in [4.78, 5) is 16.5. The summed E-state index contributed by atoms with van der Waals surface area (Å²) in [5, 5.41) is 12.8. The molecule has 1 amide bonds. The number of carbonyl (C=O) groups is 1. The number of aromatic hydroxyl groups is 1. The van der Waals surface area contributed by atoms with Crippen molar-refractivity contribution < 1.29 is 19.4 Å². The molecule has 2 aromatic rings. The van der Waals surface area contributed by atoms with E-state index in [1.54, 1.807) is 12.1 Å². The van der Waals surface area contributed by atoms with Gasteiger partial charge in [0.1, 0.15) is 0 Å². The van der Waals surface area contributed by atoms with Crippen LogP contribution in [0, 0.1) is 0 Å². The fourth-order valence-electron chi connectivity index (χ4n) is 3.31. The van der Waals surface area contributed by atoms with E-state index in [2.05, 4.69) is 24.3 Å². The summed E-state index contributed by atoms with van der Waals surface area (Å²) in [5.41, 5.74) is 0.848. The van der Waals surface area contributed by atoms with Crippen LogP contribution < -0.4 is 10.1 Å². The molecule has 1 fully saturated rings. The monoisotopic (exact) mass is 390 g/mol. The van der Waals surface area contributed by atoms with Gasteiger partial charge in [0.05, 0.1) is 12.0 Å². The number of hydrogen-bond acceptors (Lipinski definition) is 6. The van der Waals surface area contributed by atoms with Crippen LogP contribution in [0.1, 0.15) is 22.5 Å². The smallest absolute Gasteiger partial charge is 0.261 e. The van der Waals surface area contributed by atoms with E-state index in [4.69, 9.17) is 9.47 Å². The van der Waals surface area contributed by atoms with Crippen LogP contribution in [0.3, 0.4) is 0 Å². The number of rotatable bonds is 6. The third-order valence-corrected chi connectivity index (χ3v) is 6.38. The summed E-state index contributed by atoms with van der Waals surface area (Å²) >= 11 is 1.43. The average Bonchev–Trinajstić information content (AvgIpc) is 3.17. The van der Waals surface area contributed by atoms with Crippen LogP contribution in [0.25, 0.3) is 10.4 Å². The number of hydrogen-bond donors (Lipinski definition) is 2. The first kappa shape index (κ1) is 19.7. The van der Waals surface area contributed by atoms with E-state index in [0.29, 0.717) is 17.2 Å². The third kappa shape index (κ3) is 4.26. The van der Waals surface area contributed by atoms with Crippen molar-refractivity contribution in [1.29, 1.82) is 0 Å². The predicted molar refractivity (Wildman–Crippen MR) is 107 cm³/mol. The summed E-state index contributed by atoms with van der Waals surface area (Å²) in [6, 6.07) is 8.93. The SMILES string of the molecule is COc1cc(-c2ccc(C(=O)NCC3(N(C)C)CCOCC3)s2)ccc1O. The van der Waals surface area contributed by atoms with E-state index in [9.17, 15) is 9.90 Å². The van der Waals surface area contributed by atoms with Gasteiger partial charge in [0.2, 0.25) is 0 Å². The van der Waals surface area contributed by atoms with E-state index in [1.807, 2.05) is 18.2 Å². The van der Waals surface area contributed by atoms with Gasteiger partial charge >= 0.3 is 0 Å². The lowest BCUT2D eigenvalue weighted by atomic mass is 9.88. The van der Waals surface area contributed by atoms with Crippen molar-refractivity contribution in [1.82, 2.24) is 10.2 Å². The fourth-order valence-corrected chi connectivity index (χ4v) is 4.23. The molecule has 2 heterocycles. The van der Waals surface area contributed by atoms with E-state index in [-0.39, 0.29) is 17.2 Å². The Bertz CT molecular complexity index is 797. The zero-order valence-electron chi connectivity index (χ0n) is 15.9. The number of nitrogens with zero attached hydrogens (tertiary/aromatic N) is 1. The molecule has 0 atom stereocenters. The summed E-state index contributed by atoms with van der Waals surface area (Å²) < 4.78 is 10.6. The molecule has 6 nitrogen and oxygen atoms in total. The zero-order chi connectivity index (χ0) is 19.4. The van der Waals surface area contributed by atoms with Gasteiger partial charge in [0.15, 0.2) is 11.5 Å². The maximum absolute atomic E-state index is 12.7. The van der Waals surface area contributed by atoms with Gasteiger partial charge in [-0.1, -0.05) is 0 Å². The molecule has 0 radical (unpaired) electrons. The molecule has 1 saturated heterocycles. The van der Waals surface area contributed by atoms with Crippen LogP contribution in [-0.2, 0) is 4.74 Å². The molecule has 0 unspecified atom stereocenters. The Kier molecular flexibility index (Phi) is 6.04. The van der Waals surface area contributed by atoms with E-state index in [1.165, 1.54) is 18.4 Å². The molecule has 1 aliphatic rings. The minimum Gasteiger partial charge on any atom is -0.504 e. The molecule has 1 aromatic carbocycles. The number of likely N-dealkylation sites (N-methyl/N-ethyl adjacent to an activating group) is 1. The van der Waals surface area contributed by atoms with Crippen LogP contribution in [-0.4, -0.2) is 62.4 Å². The predicted octanol–water partition coefficient (Wildman–Crippen LogP) is 2.97. The van der Waals surface area contributed by atoms with Crippen molar-refractivity contribution in [2.45, 2.75) is 18.4 Å². The highest BCUT2D eigenvalue weighted by molar-refractivity contribution is 7.17. The normalized spacial score (nSPS) is 16.3. The lowest BCUT2D eigenvalue weighted by Gasteiger charge is -2.42. The summed E-state index contributed by atoms with van der Waals surface area (Å²) in [6.45, 7) is 2.04. The topological polar surface area (TPSA) is 71.0 Å². The number of ether oxygens (including phenoxy) is 2. The molecule has 0 aliphatic carbocycles. The number of phenols is 1. The van der Waals surface area contributed by atoms with Crippen LogP contribution in [0.2, 0.25) is 0 Å². The van der Waals surface area contributed by atoms with Gasteiger partial charge < -0.3 is 24.8 Å². The van der Waals surface area contributed by atoms with Crippen molar-refractivity contribution in [3.63, 3.8) is 0 Å². The van der Waals surface area contributed by atoms with E-state index in [0.717, 1.165) is 36.5 Å². The lowest BCUT2D eigenvalue weighted by molar-refractivity contribution is -0.00656. The van der Waals surface area contributed by atoms with Gasteiger partial charge in [-0.15, -0.1) is 11.3 Å². The maximum Gasteiger partial charge on any atom is 0.261 e. The van der Waals surface area contributed by atoms with Crippen LogP contribution in [0.15, 0.2) is 30.3 Å². The minimum absolute atomic E-state index is 0.0572. The van der Waals surface area contributed by atoms with Crippen molar-refractivity contribution in [3.05, 3.63) is 35.2 Å². The Morgan fingerprint density at radius 2 is 2.04 bits per heavy atom. The molecule has 0 saturated carbocycles. The second kappa shape index (κ2) is 8.29. The highest BCUT2D eigenvalue weighted by atomic mass is 32.1.